The number of hydrogen-bond acceptors (Lipinski definition) is 3. The SMILES string of the molecule is NC(=O)/C=C/C12CCC(C(=O)OCc3ccccc3)(CC1)CC2. The maximum absolute atomic E-state index is 12.6. The first kappa shape index (κ1) is 15.8. The molecule has 0 aromatic heterocycles. The van der Waals surface area contributed by atoms with Crippen LogP contribution in [0.4, 0.5) is 0 Å². The largest absolute Gasteiger partial charge is 0.460 e. The highest BCUT2D eigenvalue weighted by Gasteiger charge is 2.52. The van der Waals surface area contributed by atoms with E-state index in [1.807, 2.05) is 36.4 Å². The van der Waals surface area contributed by atoms with Gasteiger partial charge in [0.15, 0.2) is 0 Å². The van der Waals surface area contributed by atoms with Gasteiger partial charge in [0, 0.05) is 0 Å². The average molecular weight is 313 g/mol. The Balaban J connectivity index is 1.60. The molecular weight excluding hydrogens is 290 g/mol. The number of primary amides is 1. The van der Waals surface area contributed by atoms with E-state index in [2.05, 4.69) is 0 Å². The topological polar surface area (TPSA) is 69.4 Å². The summed E-state index contributed by atoms with van der Waals surface area (Å²) >= 11 is 0. The van der Waals surface area contributed by atoms with E-state index in [-0.39, 0.29) is 16.8 Å². The zero-order chi connectivity index (χ0) is 16.3. The number of amides is 1. The van der Waals surface area contributed by atoms with Crippen molar-refractivity contribution in [3.63, 3.8) is 0 Å². The zero-order valence-electron chi connectivity index (χ0n) is 13.3. The van der Waals surface area contributed by atoms with Crippen LogP contribution in [0.3, 0.4) is 0 Å². The standard InChI is InChI=1S/C19H23NO3/c20-16(21)6-7-18-8-11-19(12-9-18,13-10-18)17(22)23-14-15-4-2-1-3-5-15/h1-7H,8-14H2,(H2,20,21)/b7-6+. The molecule has 3 saturated carbocycles. The highest BCUT2D eigenvalue weighted by atomic mass is 16.5. The van der Waals surface area contributed by atoms with E-state index in [1.54, 1.807) is 0 Å². The molecule has 1 amide bonds. The number of carbonyl (C=O) groups excluding carboxylic acids is 2. The van der Waals surface area contributed by atoms with Crippen molar-refractivity contribution in [2.24, 2.45) is 16.6 Å². The van der Waals surface area contributed by atoms with E-state index in [0.29, 0.717) is 6.61 Å². The van der Waals surface area contributed by atoms with Gasteiger partial charge < -0.3 is 10.5 Å². The lowest BCUT2D eigenvalue weighted by Gasteiger charge is -2.50. The summed E-state index contributed by atoms with van der Waals surface area (Å²) in [7, 11) is 0. The molecule has 2 bridgehead atoms. The minimum absolute atomic E-state index is 0.0521. The number of rotatable bonds is 5. The van der Waals surface area contributed by atoms with E-state index in [9.17, 15) is 9.59 Å². The van der Waals surface area contributed by atoms with Crippen LogP contribution in [0.2, 0.25) is 0 Å². The van der Waals surface area contributed by atoms with Crippen LogP contribution in [0.15, 0.2) is 42.5 Å². The molecule has 4 rings (SSSR count). The van der Waals surface area contributed by atoms with Crippen LogP contribution in [0.1, 0.15) is 44.1 Å². The average Bonchev–Trinajstić information content (AvgIpc) is 2.60. The lowest BCUT2D eigenvalue weighted by atomic mass is 9.53. The fourth-order valence-corrected chi connectivity index (χ4v) is 3.91. The van der Waals surface area contributed by atoms with Crippen molar-refractivity contribution in [1.82, 2.24) is 0 Å². The summed E-state index contributed by atoms with van der Waals surface area (Å²) in [6, 6.07) is 9.77. The molecule has 3 aliphatic rings. The van der Waals surface area contributed by atoms with Crippen molar-refractivity contribution in [2.45, 2.75) is 45.1 Å². The third kappa shape index (κ3) is 3.31. The highest BCUT2D eigenvalue weighted by Crippen LogP contribution is 2.58. The van der Waals surface area contributed by atoms with E-state index in [0.717, 1.165) is 44.1 Å². The molecule has 3 aliphatic carbocycles. The van der Waals surface area contributed by atoms with Crippen molar-refractivity contribution >= 4 is 11.9 Å². The molecular formula is C19H23NO3. The maximum Gasteiger partial charge on any atom is 0.312 e. The van der Waals surface area contributed by atoms with Crippen LogP contribution in [-0.4, -0.2) is 11.9 Å². The molecule has 1 aromatic rings. The monoisotopic (exact) mass is 313 g/mol. The van der Waals surface area contributed by atoms with Crippen LogP contribution < -0.4 is 5.73 Å². The Morgan fingerprint density at radius 1 is 1.04 bits per heavy atom. The first-order valence-corrected chi connectivity index (χ1v) is 8.24. The number of carbonyl (C=O) groups is 2. The molecule has 0 unspecified atom stereocenters. The number of fused-ring (bicyclic) bond motifs is 3. The fraction of sp³-hybridized carbons (Fsp3) is 0.474. The van der Waals surface area contributed by atoms with Gasteiger partial charge in [-0.2, -0.15) is 0 Å². The third-order valence-electron chi connectivity index (χ3n) is 5.55. The summed E-state index contributed by atoms with van der Waals surface area (Å²) in [6.07, 6.45) is 8.74. The van der Waals surface area contributed by atoms with Crippen molar-refractivity contribution < 1.29 is 14.3 Å². The lowest BCUT2D eigenvalue weighted by Crippen LogP contribution is -2.46. The first-order valence-electron chi connectivity index (χ1n) is 8.24. The van der Waals surface area contributed by atoms with E-state index in [1.165, 1.54) is 6.08 Å². The Labute approximate surface area is 136 Å². The second kappa shape index (κ2) is 6.19. The van der Waals surface area contributed by atoms with E-state index >= 15 is 0 Å². The van der Waals surface area contributed by atoms with Crippen LogP contribution in [-0.2, 0) is 20.9 Å². The maximum atomic E-state index is 12.6. The Hall–Kier alpha value is -2.10. The molecule has 2 N–H and O–H groups in total. The molecule has 0 saturated heterocycles. The van der Waals surface area contributed by atoms with Gasteiger partial charge in [-0.1, -0.05) is 36.4 Å². The molecule has 0 aliphatic heterocycles. The Bertz CT molecular complexity index is 596. The highest BCUT2D eigenvalue weighted by molar-refractivity contribution is 5.85. The second-order valence-electron chi connectivity index (χ2n) is 6.94. The minimum atomic E-state index is -0.399. The molecule has 1 aromatic carbocycles. The van der Waals surface area contributed by atoms with Gasteiger partial charge in [-0.05, 0) is 55.6 Å². The van der Waals surface area contributed by atoms with Crippen LogP contribution in [0, 0.1) is 10.8 Å². The second-order valence-corrected chi connectivity index (χ2v) is 6.94. The predicted molar refractivity (Wildman–Crippen MR) is 87.1 cm³/mol. The smallest absolute Gasteiger partial charge is 0.312 e. The quantitative estimate of drug-likeness (QED) is 0.671. The molecule has 4 heteroatoms. The number of esters is 1. The predicted octanol–water partition coefficient (Wildman–Crippen LogP) is 3.11. The van der Waals surface area contributed by atoms with Gasteiger partial charge in [-0.25, -0.2) is 0 Å². The van der Waals surface area contributed by atoms with E-state index < -0.39 is 5.91 Å². The summed E-state index contributed by atoms with van der Waals surface area (Å²) in [5.41, 5.74) is 5.95. The molecule has 0 atom stereocenters. The lowest BCUT2D eigenvalue weighted by molar-refractivity contribution is -0.165. The van der Waals surface area contributed by atoms with Gasteiger partial charge >= 0.3 is 5.97 Å². The summed E-state index contributed by atoms with van der Waals surface area (Å²) in [5.74, 6) is -0.461. The van der Waals surface area contributed by atoms with E-state index in [4.69, 9.17) is 10.5 Å². The third-order valence-corrected chi connectivity index (χ3v) is 5.55. The number of hydrogen-bond donors (Lipinski definition) is 1. The van der Waals surface area contributed by atoms with Crippen LogP contribution in [0.5, 0.6) is 0 Å². The molecule has 4 nitrogen and oxygen atoms in total. The Morgan fingerprint density at radius 2 is 1.65 bits per heavy atom. The van der Waals surface area contributed by atoms with Gasteiger partial charge in [-0.3, -0.25) is 9.59 Å². The first-order chi connectivity index (χ1) is 11.0. The minimum Gasteiger partial charge on any atom is -0.460 e. The van der Waals surface area contributed by atoms with Crippen molar-refractivity contribution in [2.75, 3.05) is 0 Å². The van der Waals surface area contributed by atoms with Gasteiger partial charge in [-0.15, -0.1) is 0 Å². The van der Waals surface area contributed by atoms with Crippen molar-refractivity contribution in [1.29, 1.82) is 0 Å². The van der Waals surface area contributed by atoms with Crippen LogP contribution >= 0.6 is 0 Å². The molecule has 122 valence electrons. The van der Waals surface area contributed by atoms with Gasteiger partial charge in [0.1, 0.15) is 6.61 Å². The molecule has 0 spiro atoms. The van der Waals surface area contributed by atoms with Crippen LogP contribution in [0.25, 0.3) is 0 Å². The Morgan fingerprint density at radius 3 is 2.22 bits per heavy atom. The summed E-state index contributed by atoms with van der Waals surface area (Å²) < 4.78 is 5.59. The normalized spacial score (nSPS) is 29.6. The number of benzene rings is 1. The summed E-state index contributed by atoms with van der Waals surface area (Å²) in [6.45, 7) is 0.341. The fourth-order valence-electron chi connectivity index (χ4n) is 3.91. The van der Waals surface area contributed by atoms with Crippen molar-refractivity contribution in [3.05, 3.63) is 48.0 Å². The molecule has 3 fully saturated rings. The molecule has 23 heavy (non-hydrogen) atoms. The number of ether oxygens (including phenoxy) is 1. The van der Waals surface area contributed by atoms with Gasteiger partial charge in [0.05, 0.1) is 5.41 Å². The van der Waals surface area contributed by atoms with Gasteiger partial charge in [0.2, 0.25) is 5.91 Å². The number of nitrogens with two attached hydrogens (primary N) is 1. The molecule has 0 radical (unpaired) electrons. The van der Waals surface area contributed by atoms with Crippen molar-refractivity contribution in [3.8, 4) is 0 Å². The van der Waals surface area contributed by atoms with Gasteiger partial charge in [0.25, 0.3) is 0 Å². The Kier molecular flexibility index (Phi) is 4.24. The summed E-state index contributed by atoms with van der Waals surface area (Å²) in [4.78, 5) is 23.6. The zero-order valence-corrected chi connectivity index (χ0v) is 13.3. The number of allylic oxidation sites excluding steroid dienone is 1. The molecule has 0 heterocycles. The summed E-state index contributed by atoms with van der Waals surface area (Å²) in [5, 5.41) is 0.